The van der Waals surface area contributed by atoms with Crippen molar-refractivity contribution in [2.24, 2.45) is 0 Å². The summed E-state index contributed by atoms with van der Waals surface area (Å²) in [5.74, 6) is -0.168. The third-order valence-corrected chi connectivity index (χ3v) is 5.11. The van der Waals surface area contributed by atoms with Gasteiger partial charge in [0.25, 0.3) is 0 Å². The molecule has 0 heterocycles. The molecule has 4 heteroatoms. The van der Waals surface area contributed by atoms with Gasteiger partial charge in [-0.25, -0.2) is 0 Å². The highest BCUT2D eigenvalue weighted by Crippen LogP contribution is 2.03. The van der Waals surface area contributed by atoms with Crippen molar-refractivity contribution in [1.82, 2.24) is 5.32 Å². The first-order valence-corrected chi connectivity index (χ1v) is 13.3. The largest absolute Gasteiger partial charge is 0.394 e. The lowest BCUT2D eigenvalue weighted by Crippen LogP contribution is -2.45. The van der Waals surface area contributed by atoms with Crippen molar-refractivity contribution in [3.05, 3.63) is 85.1 Å². The van der Waals surface area contributed by atoms with Crippen LogP contribution in [-0.4, -0.2) is 34.9 Å². The lowest BCUT2D eigenvalue weighted by molar-refractivity contribution is -0.122. The van der Waals surface area contributed by atoms with Crippen LogP contribution in [0, 0.1) is 0 Å². The van der Waals surface area contributed by atoms with Crippen LogP contribution in [0.1, 0.15) is 84.5 Å². The molecule has 0 aromatic carbocycles. The number of aliphatic hydroxyl groups excluding tert-OH is 2. The molecule has 2 unspecified atom stereocenters. The van der Waals surface area contributed by atoms with Crippen molar-refractivity contribution >= 4 is 5.91 Å². The number of nitrogens with one attached hydrogen (secondary N) is 1. The fraction of sp³-hybridized carbons (Fsp3) is 0.516. The first-order valence-electron chi connectivity index (χ1n) is 13.3. The van der Waals surface area contributed by atoms with Gasteiger partial charge in [0.2, 0.25) is 5.91 Å². The van der Waals surface area contributed by atoms with E-state index in [9.17, 15) is 15.0 Å². The maximum atomic E-state index is 12.1. The number of carbonyl (C=O) groups excluding carboxylic acids is 1. The number of allylic oxidation sites excluding steroid dienone is 13. The van der Waals surface area contributed by atoms with Crippen LogP contribution in [0.3, 0.4) is 0 Å². The zero-order valence-corrected chi connectivity index (χ0v) is 22.0. The summed E-state index contributed by atoms with van der Waals surface area (Å²) in [5, 5.41) is 22.5. The van der Waals surface area contributed by atoms with Crippen LogP contribution in [0.25, 0.3) is 0 Å². The predicted molar refractivity (Wildman–Crippen MR) is 151 cm³/mol. The Morgan fingerprint density at radius 3 is 1.63 bits per heavy atom. The van der Waals surface area contributed by atoms with Crippen LogP contribution in [0.2, 0.25) is 0 Å². The summed E-state index contributed by atoms with van der Waals surface area (Å²) < 4.78 is 0. The van der Waals surface area contributed by atoms with E-state index in [-0.39, 0.29) is 12.5 Å². The molecule has 0 bridgehead atoms. The molecule has 0 fully saturated rings. The number of aliphatic hydroxyl groups is 2. The van der Waals surface area contributed by atoms with Crippen molar-refractivity contribution in [2.45, 2.75) is 96.6 Å². The van der Waals surface area contributed by atoms with Crippen molar-refractivity contribution in [3.63, 3.8) is 0 Å². The number of hydrogen-bond donors (Lipinski definition) is 3. The number of hydrogen-bond acceptors (Lipinski definition) is 3. The molecular weight excluding hydrogens is 434 g/mol. The molecule has 0 aromatic heterocycles. The SMILES string of the molecule is CC/C=C\C/C=C\C/C=C\C/C=C\CCC(=O)NC(CO)C(O)/C=C/CC/C=C/CC/C=C/CC. The van der Waals surface area contributed by atoms with E-state index in [0.29, 0.717) is 12.8 Å². The van der Waals surface area contributed by atoms with Gasteiger partial charge in [0.15, 0.2) is 0 Å². The van der Waals surface area contributed by atoms with Gasteiger partial charge in [-0.3, -0.25) is 4.79 Å². The third-order valence-electron chi connectivity index (χ3n) is 5.11. The number of amides is 1. The molecule has 4 nitrogen and oxygen atoms in total. The summed E-state index contributed by atoms with van der Waals surface area (Å²) in [5.41, 5.74) is 0. The van der Waals surface area contributed by atoms with Crippen molar-refractivity contribution in [2.75, 3.05) is 6.61 Å². The maximum Gasteiger partial charge on any atom is 0.220 e. The topological polar surface area (TPSA) is 69.6 Å². The van der Waals surface area contributed by atoms with Crippen LogP contribution in [-0.2, 0) is 4.79 Å². The minimum absolute atomic E-state index is 0.168. The Labute approximate surface area is 214 Å². The number of rotatable bonds is 21. The molecule has 2 atom stereocenters. The van der Waals surface area contributed by atoms with Gasteiger partial charge in [0, 0.05) is 6.42 Å². The molecule has 0 aliphatic heterocycles. The third kappa shape index (κ3) is 23.1. The average Bonchev–Trinajstić information content (AvgIpc) is 2.86. The summed E-state index contributed by atoms with van der Waals surface area (Å²) >= 11 is 0. The van der Waals surface area contributed by atoms with Gasteiger partial charge in [-0.1, -0.05) is 98.9 Å². The predicted octanol–water partition coefficient (Wildman–Crippen LogP) is 7.05. The second-order valence-corrected chi connectivity index (χ2v) is 8.32. The molecule has 0 aromatic rings. The molecule has 0 saturated carbocycles. The van der Waals surface area contributed by atoms with Crippen LogP contribution < -0.4 is 5.32 Å². The molecular formula is C31H49NO3. The second kappa shape index (κ2) is 26.2. The maximum absolute atomic E-state index is 12.1. The molecule has 0 aliphatic rings. The van der Waals surface area contributed by atoms with Crippen LogP contribution >= 0.6 is 0 Å². The number of carbonyl (C=O) groups is 1. The highest BCUT2D eigenvalue weighted by Gasteiger charge is 2.17. The van der Waals surface area contributed by atoms with Gasteiger partial charge in [-0.05, 0) is 64.2 Å². The van der Waals surface area contributed by atoms with E-state index in [1.807, 2.05) is 12.2 Å². The molecule has 0 spiro atoms. The highest BCUT2D eigenvalue weighted by atomic mass is 16.3. The first-order chi connectivity index (χ1) is 17.2. The Hall–Kier alpha value is -2.43. The van der Waals surface area contributed by atoms with E-state index in [4.69, 9.17) is 0 Å². The monoisotopic (exact) mass is 483 g/mol. The van der Waals surface area contributed by atoms with E-state index in [1.54, 1.807) is 6.08 Å². The van der Waals surface area contributed by atoms with Gasteiger partial charge in [-0.2, -0.15) is 0 Å². The lowest BCUT2D eigenvalue weighted by atomic mass is 10.1. The van der Waals surface area contributed by atoms with Crippen molar-refractivity contribution in [1.29, 1.82) is 0 Å². The molecule has 3 N–H and O–H groups in total. The Morgan fingerprint density at radius 1 is 0.657 bits per heavy atom. The standard InChI is InChI=1S/C31H49NO3/c1-3-5-7-9-11-13-15-16-17-19-21-23-25-27-31(35)32-29(28-33)30(34)26-24-22-20-18-14-12-10-8-6-4-2/h5-8,11,13-14,16-18,21,23-24,26,29-30,33-34H,3-4,9-10,12,15,19-20,22,25,27-28H2,1-2H3,(H,32,35)/b7-5-,8-6+,13-11-,17-16-,18-14+,23-21-,26-24+. The molecule has 0 saturated heterocycles. The van der Waals surface area contributed by atoms with Gasteiger partial charge in [0.1, 0.15) is 0 Å². The minimum atomic E-state index is -0.899. The highest BCUT2D eigenvalue weighted by molar-refractivity contribution is 5.76. The van der Waals surface area contributed by atoms with E-state index in [2.05, 4.69) is 86.0 Å². The Bertz CT molecular complexity index is 698. The van der Waals surface area contributed by atoms with Crippen LogP contribution in [0.5, 0.6) is 0 Å². The Balaban J connectivity index is 3.99. The van der Waals surface area contributed by atoms with Crippen molar-refractivity contribution < 1.29 is 15.0 Å². The lowest BCUT2D eigenvalue weighted by Gasteiger charge is -2.19. The van der Waals surface area contributed by atoms with E-state index in [1.165, 1.54) is 0 Å². The normalized spacial score (nSPS) is 14.7. The fourth-order valence-electron chi connectivity index (χ4n) is 3.10. The van der Waals surface area contributed by atoms with Gasteiger partial charge in [0.05, 0.1) is 18.8 Å². The minimum Gasteiger partial charge on any atom is -0.394 e. The van der Waals surface area contributed by atoms with Gasteiger partial charge < -0.3 is 15.5 Å². The number of unbranched alkanes of at least 4 members (excludes halogenated alkanes) is 2. The van der Waals surface area contributed by atoms with E-state index < -0.39 is 12.1 Å². The summed E-state index contributed by atoms with van der Waals surface area (Å²) in [6, 6.07) is -0.683. The quantitative estimate of drug-likeness (QED) is 0.121. The molecule has 0 aliphatic carbocycles. The summed E-state index contributed by atoms with van der Waals surface area (Å²) in [4.78, 5) is 12.1. The summed E-state index contributed by atoms with van der Waals surface area (Å²) in [6.07, 6.45) is 38.1. The van der Waals surface area contributed by atoms with Crippen LogP contribution in [0.4, 0.5) is 0 Å². The Kier molecular flexibility index (Phi) is 24.4. The molecule has 1 amide bonds. The average molecular weight is 484 g/mol. The zero-order chi connectivity index (χ0) is 25.8. The second-order valence-electron chi connectivity index (χ2n) is 8.32. The molecule has 196 valence electrons. The van der Waals surface area contributed by atoms with Crippen molar-refractivity contribution in [3.8, 4) is 0 Å². The zero-order valence-electron chi connectivity index (χ0n) is 22.0. The first kappa shape index (κ1) is 32.6. The Morgan fingerprint density at radius 2 is 1.09 bits per heavy atom. The van der Waals surface area contributed by atoms with Gasteiger partial charge >= 0.3 is 0 Å². The van der Waals surface area contributed by atoms with E-state index >= 15 is 0 Å². The van der Waals surface area contributed by atoms with Crippen LogP contribution in [0.15, 0.2) is 85.1 Å². The summed E-state index contributed by atoms with van der Waals surface area (Å²) in [7, 11) is 0. The fourth-order valence-corrected chi connectivity index (χ4v) is 3.10. The smallest absolute Gasteiger partial charge is 0.220 e. The van der Waals surface area contributed by atoms with Gasteiger partial charge in [-0.15, -0.1) is 0 Å². The van der Waals surface area contributed by atoms with E-state index in [0.717, 1.165) is 57.8 Å². The molecule has 0 radical (unpaired) electrons. The summed E-state index contributed by atoms with van der Waals surface area (Å²) in [6.45, 7) is 3.97. The molecule has 35 heavy (non-hydrogen) atoms. The molecule has 0 rings (SSSR count).